The number of hydrogen-bond acceptors (Lipinski definition) is 2. The van der Waals surface area contributed by atoms with E-state index in [0.717, 1.165) is 17.9 Å². The van der Waals surface area contributed by atoms with Gasteiger partial charge >= 0.3 is 0 Å². The molecule has 0 aliphatic carbocycles. The van der Waals surface area contributed by atoms with Crippen LogP contribution in [0.3, 0.4) is 0 Å². The second-order valence-electron chi connectivity index (χ2n) is 4.46. The summed E-state index contributed by atoms with van der Waals surface area (Å²) in [6.45, 7) is 4.92. The molecule has 0 unspecified atom stereocenters. The van der Waals surface area contributed by atoms with Crippen LogP contribution in [0.25, 0.3) is 0 Å². The van der Waals surface area contributed by atoms with Gasteiger partial charge in [0.25, 0.3) is 0 Å². The third-order valence-corrected chi connectivity index (χ3v) is 3.02. The number of rotatable bonds is 4. The number of hydrogen-bond donors (Lipinski definition) is 0. The van der Waals surface area contributed by atoms with Crippen molar-refractivity contribution in [3.63, 3.8) is 0 Å². The Labute approximate surface area is 128 Å². The van der Waals surface area contributed by atoms with Crippen LogP contribution in [0.2, 0.25) is 0 Å². The zero-order chi connectivity index (χ0) is 15.2. The van der Waals surface area contributed by atoms with Crippen molar-refractivity contribution in [1.82, 2.24) is 9.78 Å². The zero-order valence-corrected chi connectivity index (χ0v) is 12.7. The fraction of sp³-hybridized carbons (Fsp3) is 0.312. The molecule has 0 aliphatic heterocycles. The van der Waals surface area contributed by atoms with Crippen molar-refractivity contribution in [2.45, 2.75) is 27.0 Å². The van der Waals surface area contributed by atoms with Crippen LogP contribution in [0.4, 0.5) is 4.39 Å². The summed E-state index contributed by atoms with van der Waals surface area (Å²) in [5, 5.41) is 4.33. The van der Waals surface area contributed by atoms with E-state index < -0.39 is 5.82 Å². The van der Waals surface area contributed by atoms with Crippen LogP contribution in [-0.4, -0.2) is 15.7 Å². The first kappa shape index (κ1) is 15.4. The molecule has 0 saturated heterocycles. The maximum Gasteiger partial charge on any atom is 0.165 e. The molecule has 110 valence electrons. The fourth-order valence-electron chi connectivity index (χ4n) is 1.97. The highest BCUT2D eigenvalue weighted by atomic mass is 35.5. The van der Waals surface area contributed by atoms with Crippen LogP contribution in [0.1, 0.15) is 23.9 Å². The lowest BCUT2D eigenvalue weighted by atomic mass is 10.2. The van der Waals surface area contributed by atoms with E-state index in [1.54, 1.807) is 12.1 Å². The number of halogens is 2. The number of ether oxygens (including phenoxy) is 1. The van der Waals surface area contributed by atoms with Crippen molar-refractivity contribution in [2.24, 2.45) is 0 Å². The minimum Gasteiger partial charge on any atom is -0.484 e. The van der Waals surface area contributed by atoms with Crippen molar-refractivity contribution < 1.29 is 9.13 Å². The second kappa shape index (κ2) is 7.14. The SMILES string of the molecule is CCn1nc(C)cc1COc1cc(C#CCCl)ccc1F. The Morgan fingerprint density at radius 1 is 1.38 bits per heavy atom. The van der Waals surface area contributed by atoms with Gasteiger partial charge in [0.2, 0.25) is 0 Å². The molecule has 0 spiro atoms. The first-order valence-corrected chi connectivity index (χ1v) is 7.18. The van der Waals surface area contributed by atoms with E-state index in [1.165, 1.54) is 6.07 Å². The molecule has 0 aliphatic rings. The fourth-order valence-corrected chi connectivity index (χ4v) is 2.03. The predicted molar refractivity (Wildman–Crippen MR) is 81.0 cm³/mol. The third-order valence-electron chi connectivity index (χ3n) is 2.89. The van der Waals surface area contributed by atoms with Gasteiger partial charge < -0.3 is 4.74 Å². The highest BCUT2D eigenvalue weighted by molar-refractivity contribution is 6.19. The highest BCUT2D eigenvalue weighted by Gasteiger charge is 2.08. The van der Waals surface area contributed by atoms with E-state index in [4.69, 9.17) is 16.3 Å². The molecule has 2 rings (SSSR count). The molecule has 1 heterocycles. The number of aryl methyl sites for hydroxylation is 2. The van der Waals surface area contributed by atoms with E-state index in [1.807, 2.05) is 24.6 Å². The molecule has 0 fully saturated rings. The summed E-state index contributed by atoms with van der Waals surface area (Å²) in [5.74, 6) is 5.58. The first-order valence-electron chi connectivity index (χ1n) is 6.64. The standard InChI is InChI=1S/C16H16ClFN2O/c1-3-20-14(9-12(2)19-20)11-21-16-10-13(5-4-8-17)6-7-15(16)18/h6-7,9-10H,3,8,11H2,1-2H3. The van der Waals surface area contributed by atoms with Gasteiger partial charge in [0.15, 0.2) is 11.6 Å². The Kier molecular flexibility index (Phi) is 5.24. The lowest BCUT2D eigenvalue weighted by Gasteiger charge is -2.09. The van der Waals surface area contributed by atoms with E-state index in [-0.39, 0.29) is 18.2 Å². The van der Waals surface area contributed by atoms with Gasteiger partial charge in [0.1, 0.15) is 6.61 Å². The number of benzene rings is 1. The van der Waals surface area contributed by atoms with E-state index >= 15 is 0 Å². The predicted octanol–water partition coefficient (Wildman–Crippen LogP) is 3.52. The number of alkyl halides is 1. The topological polar surface area (TPSA) is 27.1 Å². The molecule has 1 aromatic heterocycles. The summed E-state index contributed by atoms with van der Waals surface area (Å²) in [6, 6.07) is 6.45. The van der Waals surface area contributed by atoms with Crippen LogP contribution in [0, 0.1) is 24.6 Å². The first-order chi connectivity index (χ1) is 10.1. The molecule has 0 saturated carbocycles. The van der Waals surface area contributed by atoms with Gasteiger partial charge in [-0.1, -0.05) is 11.8 Å². The Balaban J connectivity index is 2.15. The Bertz CT molecular complexity index is 685. The molecule has 21 heavy (non-hydrogen) atoms. The summed E-state index contributed by atoms with van der Waals surface area (Å²) in [7, 11) is 0. The van der Waals surface area contributed by atoms with Gasteiger partial charge in [0, 0.05) is 12.1 Å². The van der Waals surface area contributed by atoms with E-state index in [9.17, 15) is 4.39 Å². The molecule has 0 radical (unpaired) electrons. The summed E-state index contributed by atoms with van der Waals surface area (Å²) < 4.78 is 21.2. The van der Waals surface area contributed by atoms with Crippen LogP contribution >= 0.6 is 11.6 Å². The van der Waals surface area contributed by atoms with Gasteiger partial charge in [-0.2, -0.15) is 5.10 Å². The molecule has 0 atom stereocenters. The summed E-state index contributed by atoms with van der Waals surface area (Å²) in [4.78, 5) is 0. The maximum atomic E-state index is 13.8. The molecule has 5 heteroatoms. The third kappa shape index (κ3) is 3.99. The van der Waals surface area contributed by atoms with Crippen LogP contribution < -0.4 is 4.74 Å². The van der Waals surface area contributed by atoms with Gasteiger partial charge in [0.05, 0.1) is 17.3 Å². The van der Waals surface area contributed by atoms with Crippen molar-refractivity contribution >= 4 is 11.6 Å². The van der Waals surface area contributed by atoms with Gasteiger partial charge in [-0.05, 0) is 38.1 Å². The van der Waals surface area contributed by atoms with Gasteiger partial charge in [-0.15, -0.1) is 11.6 Å². The van der Waals surface area contributed by atoms with Crippen LogP contribution in [-0.2, 0) is 13.2 Å². The molecule has 1 aromatic carbocycles. The Hall–Kier alpha value is -1.99. The van der Waals surface area contributed by atoms with Gasteiger partial charge in [-0.25, -0.2) is 4.39 Å². The van der Waals surface area contributed by atoms with Crippen LogP contribution in [0.15, 0.2) is 24.3 Å². The maximum absolute atomic E-state index is 13.8. The van der Waals surface area contributed by atoms with Crippen molar-refractivity contribution in [2.75, 3.05) is 5.88 Å². The normalized spacial score (nSPS) is 10.1. The second-order valence-corrected chi connectivity index (χ2v) is 4.73. The minimum absolute atomic E-state index is 0.179. The van der Waals surface area contributed by atoms with E-state index in [2.05, 4.69) is 16.9 Å². The lowest BCUT2D eigenvalue weighted by molar-refractivity contribution is 0.278. The van der Waals surface area contributed by atoms with Gasteiger partial charge in [-0.3, -0.25) is 4.68 Å². The monoisotopic (exact) mass is 306 g/mol. The van der Waals surface area contributed by atoms with Crippen molar-refractivity contribution in [3.05, 3.63) is 47.0 Å². The Morgan fingerprint density at radius 3 is 2.90 bits per heavy atom. The zero-order valence-electron chi connectivity index (χ0n) is 12.0. The van der Waals surface area contributed by atoms with E-state index in [0.29, 0.717) is 5.56 Å². The van der Waals surface area contributed by atoms with Crippen LogP contribution in [0.5, 0.6) is 5.75 Å². The summed E-state index contributed by atoms with van der Waals surface area (Å²) in [5.41, 5.74) is 2.50. The average molecular weight is 307 g/mol. The van der Waals surface area contributed by atoms with Crippen molar-refractivity contribution in [1.29, 1.82) is 0 Å². The van der Waals surface area contributed by atoms with Crippen molar-refractivity contribution in [3.8, 4) is 17.6 Å². The number of nitrogens with zero attached hydrogens (tertiary/aromatic N) is 2. The summed E-state index contributed by atoms with van der Waals surface area (Å²) in [6.07, 6.45) is 0. The molecular formula is C16H16ClFN2O. The molecule has 3 nitrogen and oxygen atoms in total. The Morgan fingerprint density at radius 2 is 2.19 bits per heavy atom. The molecule has 0 amide bonds. The number of aromatic nitrogens is 2. The lowest BCUT2D eigenvalue weighted by Crippen LogP contribution is -2.06. The highest BCUT2D eigenvalue weighted by Crippen LogP contribution is 2.20. The molecule has 0 bridgehead atoms. The summed E-state index contributed by atoms with van der Waals surface area (Å²) >= 11 is 5.51. The smallest absolute Gasteiger partial charge is 0.165 e. The largest absolute Gasteiger partial charge is 0.484 e. The molecule has 0 N–H and O–H groups in total. The molecular weight excluding hydrogens is 291 g/mol. The average Bonchev–Trinajstić information content (AvgIpc) is 2.85. The minimum atomic E-state index is -0.411. The quantitative estimate of drug-likeness (QED) is 0.638. The molecule has 2 aromatic rings.